The largest absolute Gasteiger partial charge is 0.441 e. The maximum atomic E-state index is 13.0. The van der Waals surface area contributed by atoms with Crippen molar-refractivity contribution in [3.05, 3.63) is 65.3 Å². The minimum Gasteiger partial charge on any atom is -0.441 e. The molecule has 0 spiro atoms. The highest BCUT2D eigenvalue weighted by Gasteiger charge is 2.43. The van der Waals surface area contributed by atoms with Crippen LogP contribution < -0.4 is 5.32 Å². The first-order valence-electron chi connectivity index (χ1n) is 8.50. The summed E-state index contributed by atoms with van der Waals surface area (Å²) >= 11 is 0. The molecule has 0 unspecified atom stereocenters. The van der Waals surface area contributed by atoms with Gasteiger partial charge in [0.15, 0.2) is 11.5 Å². The van der Waals surface area contributed by atoms with Gasteiger partial charge in [-0.1, -0.05) is 24.3 Å². The Morgan fingerprint density at radius 3 is 2.84 bits per heavy atom. The van der Waals surface area contributed by atoms with Crippen LogP contribution in [0.2, 0.25) is 0 Å². The van der Waals surface area contributed by atoms with Gasteiger partial charge in [0, 0.05) is 18.9 Å². The van der Waals surface area contributed by atoms with Gasteiger partial charge < -0.3 is 9.73 Å². The smallest absolute Gasteiger partial charge is 0.223 e. The van der Waals surface area contributed by atoms with E-state index in [1.54, 1.807) is 12.1 Å². The van der Waals surface area contributed by atoms with E-state index >= 15 is 0 Å². The van der Waals surface area contributed by atoms with Crippen molar-refractivity contribution in [1.29, 1.82) is 0 Å². The van der Waals surface area contributed by atoms with Gasteiger partial charge in [-0.25, -0.2) is 9.37 Å². The van der Waals surface area contributed by atoms with Gasteiger partial charge in [0.2, 0.25) is 5.91 Å². The van der Waals surface area contributed by atoms with Gasteiger partial charge in [0.05, 0.1) is 0 Å². The lowest BCUT2D eigenvalue weighted by Gasteiger charge is -2.03. The van der Waals surface area contributed by atoms with E-state index in [-0.39, 0.29) is 23.6 Å². The van der Waals surface area contributed by atoms with Gasteiger partial charge in [-0.3, -0.25) is 4.79 Å². The molecular weight excluding hydrogens is 319 g/mol. The summed E-state index contributed by atoms with van der Waals surface area (Å²) in [7, 11) is 0. The molecule has 5 heteroatoms. The minimum absolute atomic E-state index is 0.0173. The third kappa shape index (κ3) is 3.27. The Morgan fingerprint density at radius 2 is 2.08 bits per heavy atom. The molecule has 1 fully saturated rings. The van der Waals surface area contributed by atoms with Crippen LogP contribution in [-0.2, 0) is 11.2 Å². The van der Waals surface area contributed by atoms with Crippen molar-refractivity contribution in [2.24, 2.45) is 5.92 Å². The van der Waals surface area contributed by atoms with Crippen LogP contribution in [0, 0.1) is 18.7 Å². The van der Waals surface area contributed by atoms with Crippen LogP contribution in [0.25, 0.3) is 11.1 Å². The number of fused-ring (bicyclic) bond motifs is 1. The van der Waals surface area contributed by atoms with E-state index in [0.717, 1.165) is 28.6 Å². The van der Waals surface area contributed by atoms with Crippen LogP contribution >= 0.6 is 0 Å². The Kier molecular flexibility index (Phi) is 3.99. The zero-order chi connectivity index (χ0) is 17.4. The van der Waals surface area contributed by atoms with E-state index in [4.69, 9.17) is 4.42 Å². The molecule has 0 aliphatic heterocycles. The fraction of sp³-hybridized carbons (Fsp3) is 0.300. The summed E-state index contributed by atoms with van der Waals surface area (Å²) in [6, 6.07) is 12.2. The molecule has 0 saturated heterocycles. The maximum absolute atomic E-state index is 13.0. The highest BCUT2D eigenvalue weighted by atomic mass is 19.1. The highest BCUT2D eigenvalue weighted by Crippen LogP contribution is 2.47. The first kappa shape index (κ1) is 15.8. The van der Waals surface area contributed by atoms with Crippen molar-refractivity contribution in [3.8, 4) is 0 Å². The highest BCUT2D eigenvalue weighted by molar-refractivity contribution is 5.82. The van der Waals surface area contributed by atoms with E-state index < -0.39 is 0 Å². The monoisotopic (exact) mass is 338 g/mol. The Balaban J connectivity index is 1.30. The van der Waals surface area contributed by atoms with E-state index in [2.05, 4.69) is 10.3 Å². The molecule has 1 saturated carbocycles. The van der Waals surface area contributed by atoms with E-state index in [9.17, 15) is 9.18 Å². The number of halogens is 1. The van der Waals surface area contributed by atoms with E-state index in [1.165, 1.54) is 12.1 Å². The number of nitrogens with zero attached hydrogens (tertiary/aromatic N) is 1. The van der Waals surface area contributed by atoms with Crippen molar-refractivity contribution >= 4 is 17.0 Å². The zero-order valence-electron chi connectivity index (χ0n) is 14.0. The van der Waals surface area contributed by atoms with Crippen molar-refractivity contribution in [2.75, 3.05) is 6.54 Å². The number of rotatable bonds is 5. The number of oxazole rings is 1. The molecule has 1 aliphatic rings. The van der Waals surface area contributed by atoms with Crippen molar-refractivity contribution < 1.29 is 13.6 Å². The summed E-state index contributed by atoms with van der Waals surface area (Å²) in [6.45, 7) is 2.50. The average molecular weight is 338 g/mol. The van der Waals surface area contributed by atoms with Crippen molar-refractivity contribution in [1.82, 2.24) is 10.3 Å². The molecule has 25 heavy (non-hydrogen) atoms. The molecule has 128 valence electrons. The van der Waals surface area contributed by atoms with Gasteiger partial charge in [-0.05, 0) is 48.6 Å². The molecule has 1 heterocycles. The number of amides is 1. The number of aromatic nitrogens is 1. The predicted molar refractivity (Wildman–Crippen MR) is 92.7 cm³/mol. The lowest BCUT2D eigenvalue weighted by atomic mass is 10.1. The maximum Gasteiger partial charge on any atom is 0.223 e. The summed E-state index contributed by atoms with van der Waals surface area (Å²) in [5.74, 6) is 0.611. The quantitative estimate of drug-likeness (QED) is 0.771. The number of nitrogens with one attached hydrogen (secondary N) is 1. The molecule has 2 aromatic carbocycles. The molecule has 0 bridgehead atoms. The van der Waals surface area contributed by atoms with Crippen molar-refractivity contribution in [2.45, 2.75) is 25.7 Å². The summed E-state index contributed by atoms with van der Waals surface area (Å²) in [6.07, 6.45) is 1.38. The lowest BCUT2D eigenvalue weighted by molar-refractivity contribution is -0.122. The average Bonchev–Trinajstić information content (AvgIpc) is 3.29. The summed E-state index contributed by atoms with van der Waals surface area (Å²) in [4.78, 5) is 16.7. The first-order valence-corrected chi connectivity index (χ1v) is 8.50. The fourth-order valence-electron chi connectivity index (χ4n) is 3.23. The minimum atomic E-state index is -0.251. The number of hydrogen-bond acceptors (Lipinski definition) is 3. The van der Waals surface area contributed by atoms with E-state index in [1.807, 2.05) is 25.1 Å². The van der Waals surface area contributed by atoms with Crippen LogP contribution in [0.4, 0.5) is 4.39 Å². The number of carbonyl (C=O) groups excluding carboxylic acids is 1. The number of carbonyl (C=O) groups is 1. The predicted octanol–water partition coefficient (Wildman–Crippen LogP) is 3.74. The standard InChI is InChI=1S/C20H19FN2O2/c1-12-3-2-4-17-19(12)23-18(25-17)9-10-22-20(24)16-11-15(16)13-5-7-14(21)8-6-13/h2-8,15-16H,9-11H2,1H3,(H,22,24)/t15-,16+/m0/s1. The Morgan fingerprint density at radius 1 is 1.28 bits per heavy atom. The summed E-state index contributed by atoms with van der Waals surface area (Å²) in [5.41, 5.74) is 3.76. The molecule has 2 atom stereocenters. The van der Waals surface area contributed by atoms with E-state index in [0.29, 0.717) is 18.9 Å². The normalized spacial score (nSPS) is 19.1. The van der Waals surface area contributed by atoms with Crippen LogP contribution in [0.15, 0.2) is 46.9 Å². The summed E-state index contributed by atoms with van der Waals surface area (Å²) in [5, 5.41) is 2.95. The SMILES string of the molecule is Cc1cccc2oc(CCNC(=O)[C@@H]3C[C@H]3c3ccc(F)cc3)nc12. The third-order valence-corrected chi connectivity index (χ3v) is 4.73. The Bertz CT molecular complexity index is 917. The number of aryl methyl sites for hydroxylation is 1. The third-order valence-electron chi connectivity index (χ3n) is 4.73. The molecule has 1 N–H and O–H groups in total. The molecule has 3 aromatic rings. The van der Waals surface area contributed by atoms with Gasteiger partial charge in [-0.2, -0.15) is 0 Å². The van der Waals surface area contributed by atoms with Crippen LogP contribution in [0.5, 0.6) is 0 Å². The number of para-hydroxylation sites is 1. The fourth-order valence-corrected chi connectivity index (χ4v) is 3.23. The second-order valence-electron chi connectivity index (χ2n) is 6.57. The number of benzene rings is 2. The second kappa shape index (κ2) is 6.31. The Labute approximate surface area is 145 Å². The van der Waals surface area contributed by atoms with Gasteiger partial charge in [0.1, 0.15) is 11.3 Å². The first-order chi connectivity index (χ1) is 12.1. The van der Waals surface area contributed by atoms with Crippen LogP contribution in [0.3, 0.4) is 0 Å². The summed E-state index contributed by atoms with van der Waals surface area (Å²) < 4.78 is 18.7. The zero-order valence-corrected chi connectivity index (χ0v) is 14.0. The number of hydrogen-bond donors (Lipinski definition) is 1. The molecule has 1 aliphatic carbocycles. The van der Waals surface area contributed by atoms with Gasteiger partial charge >= 0.3 is 0 Å². The molecule has 4 rings (SSSR count). The molecule has 0 radical (unpaired) electrons. The van der Waals surface area contributed by atoms with Crippen LogP contribution in [-0.4, -0.2) is 17.4 Å². The van der Waals surface area contributed by atoms with Gasteiger partial charge in [-0.15, -0.1) is 0 Å². The second-order valence-corrected chi connectivity index (χ2v) is 6.57. The topological polar surface area (TPSA) is 55.1 Å². The molecule has 4 nitrogen and oxygen atoms in total. The lowest BCUT2D eigenvalue weighted by Crippen LogP contribution is -2.27. The van der Waals surface area contributed by atoms with Crippen LogP contribution in [0.1, 0.15) is 29.4 Å². The molecule has 1 amide bonds. The van der Waals surface area contributed by atoms with Gasteiger partial charge in [0.25, 0.3) is 0 Å². The molecular formula is C20H19FN2O2. The Hall–Kier alpha value is -2.69. The van der Waals surface area contributed by atoms with Crippen molar-refractivity contribution in [3.63, 3.8) is 0 Å². The molecule has 1 aromatic heterocycles.